The lowest BCUT2D eigenvalue weighted by Gasteiger charge is -2.47. The molecule has 4 atom stereocenters. The largest absolute Gasteiger partial charge is 0.493 e. The number of pyridine rings is 1. The molecule has 1 fully saturated rings. The Bertz CT molecular complexity index is 2000. The number of nitrogens with one attached hydrogen (secondary N) is 1. The summed E-state index contributed by atoms with van der Waals surface area (Å²) in [5, 5.41) is 14.7. The van der Waals surface area contributed by atoms with Gasteiger partial charge in [-0.25, -0.2) is 14.8 Å². The van der Waals surface area contributed by atoms with Gasteiger partial charge in [-0.3, -0.25) is 9.88 Å². The summed E-state index contributed by atoms with van der Waals surface area (Å²) in [6.45, 7) is 7.03. The van der Waals surface area contributed by atoms with Crippen LogP contribution in [0.1, 0.15) is 92.8 Å². The second kappa shape index (κ2) is 15.6. The SMILES string of the molecule is C[C@@H](COc1ccnc2c1[C@H](C)CCC2)CC1Cc2cc3c(cc2C12CCC(Nc1cccc(Cl)c1)(C(=O)O)CC2)OC(CN(C)Cc1ccncn1)CO3. The van der Waals surface area contributed by atoms with Crippen LogP contribution in [0, 0.1) is 11.8 Å². The Balaban J connectivity index is 1.04. The average Bonchev–Trinajstić information content (AvgIpc) is 3.44. The summed E-state index contributed by atoms with van der Waals surface area (Å²) in [7, 11) is 2.06. The number of hydrogen-bond acceptors (Lipinski definition) is 9. The molecule has 8 rings (SSSR count). The Kier molecular flexibility index (Phi) is 10.6. The van der Waals surface area contributed by atoms with Gasteiger partial charge in [0.2, 0.25) is 0 Å². The summed E-state index contributed by atoms with van der Waals surface area (Å²) in [6.07, 6.45) is 12.7. The normalized spacial score (nSPS) is 25.9. The first-order valence-corrected chi connectivity index (χ1v) is 20.3. The molecule has 2 aromatic carbocycles. The summed E-state index contributed by atoms with van der Waals surface area (Å²) < 4.78 is 19.7. The van der Waals surface area contributed by atoms with E-state index in [0.717, 1.165) is 67.2 Å². The van der Waals surface area contributed by atoms with E-state index in [9.17, 15) is 9.90 Å². The van der Waals surface area contributed by atoms with Crippen LogP contribution < -0.4 is 19.5 Å². The average molecular weight is 766 g/mol. The zero-order valence-corrected chi connectivity index (χ0v) is 32.9. The van der Waals surface area contributed by atoms with E-state index in [0.29, 0.717) is 56.0 Å². The lowest BCUT2D eigenvalue weighted by Crippen LogP contribution is -2.53. The van der Waals surface area contributed by atoms with Crippen molar-refractivity contribution in [1.29, 1.82) is 0 Å². The molecule has 2 aromatic heterocycles. The van der Waals surface area contributed by atoms with Crippen molar-refractivity contribution in [3.05, 3.63) is 100 Å². The van der Waals surface area contributed by atoms with E-state index in [1.54, 1.807) is 24.7 Å². The van der Waals surface area contributed by atoms with Gasteiger partial charge < -0.3 is 24.6 Å². The second-order valence-corrected chi connectivity index (χ2v) is 17.0. The Morgan fingerprint density at radius 3 is 2.75 bits per heavy atom. The number of carboxylic acids is 1. The van der Waals surface area contributed by atoms with Gasteiger partial charge in [-0.15, -0.1) is 0 Å². The third-order valence-corrected chi connectivity index (χ3v) is 12.9. The fraction of sp³-hybridized carbons (Fsp3) is 0.500. The summed E-state index contributed by atoms with van der Waals surface area (Å²) in [6, 6.07) is 15.7. The fourth-order valence-electron chi connectivity index (χ4n) is 9.91. The molecule has 1 spiro atoms. The molecule has 10 nitrogen and oxygen atoms in total. The molecule has 0 saturated heterocycles. The summed E-state index contributed by atoms with van der Waals surface area (Å²) in [5.74, 6) is 2.74. The number of aromatic nitrogens is 3. The Morgan fingerprint density at radius 1 is 1.11 bits per heavy atom. The number of hydrogen-bond donors (Lipinski definition) is 2. The van der Waals surface area contributed by atoms with Gasteiger partial charge in [0, 0.05) is 47.5 Å². The standard InChI is InChI=1S/C44H52ClN5O5/c1-28(25-53-38-11-17-47-37-9-4-6-29(2)41(37)38)18-31-19-30-20-39-40(55-35(26-54-39)24-50(3)23-34-10-16-46-27-48-34)22-36(30)43(31)12-14-44(15-13-43,42(51)52)49-33-8-5-7-32(45)21-33/h5,7-8,10-11,16-17,20-22,27-29,31,35,49H,4,6,9,12-15,18-19,23-26H2,1-3H3,(H,51,52)/t28-,29-,31?,35?,43?,44?/m1/s1. The van der Waals surface area contributed by atoms with Crippen LogP contribution in [-0.4, -0.2) is 69.4 Å². The highest BCUT2D eigenvalue weighted by atomic mass is 35.5. The molecule has 4 aliphatic rings. The molecule has 1 saturated carbocycles. The maximum absolute atomic E-state index is 13.1. The van der Waals surface area contributed by atoms with Crippen molar-refractivity contribution in [2.24, 2.45) is 11.8 Å². The molecule has 4 aromatic rings. The third kappa shape index (κ3) is 7.72. The van der Waals surface area contributed by atoms with Gasteiger partial charge in [0.15, 0.2) is 11.5 Å². The highest BCUT2D eigenvalue weighted by Crippen LogP contribution is 2.58. The Morgan fingerprint density at radius 2 is 1.96 bits per heavy atom. The number of carbonyl (C=O) groups is 1. The first-order chi connectivity index (χ1) is 26.6. The number of likely N-dealkylation sites (N-methyl/N-ethyl adjacent to an activating group) is 1. The van der Waals surface area contributed by atoms with Crippen molar-refractivity contribution < 1.29 is 24.1 Å². The quantitative estimate of drug-likeness (QED) is 0.146. The van der Waals surface area contributed by atoms with Crippen LogP contribution >= 0.6 is 11.6 Å². The van der Waals surface area contributed by atoms with E-state index in [-0.39, 0.29) is 17.4 Å². The van der Waals surface area contributed by atoms with E-state index in [2.05, 4.69) is 58.2 Å². The minimum atomic E-state index is -1.09. The van der Waals surface area contributed by atoms with Crippen molar-refractivity contribution in [2.45, 2.75) is 101 Å². The van der Waals surface area contributed by atoms with E-state index in [1.165, 1.54) is 28.8 Å². The minimum Gasteiger partial charge on any atom is -0.493 e. The van der Waals surface area contributed by atoms with Crippen LogP contribution in [0.15, 0.2) is 67.3 Å². The number of rotatable bonds is 12. The van der Waals surface area contributed by atoms with E-state index in [1.807, 2.05) is 30.5 Å². The first-order valence-electron chi connectivity index (χ1n) is 19.9. The van der Waals surface area contributed by atoms with Crippen LogP contribution in [-0.2, 0) is 29.6 Å². The Hall–Kier alpha value is -4.41. The summed E-state index contributed by atoms with van der Waals surface area (Å²) in [5.41, 5.74) is 5.39. The van der Waals surface area contributed by atoms with Crippen molar-refractivity contribution in [2.75, 3.05) is 32.1 Å². The second-order valence-electron chi connectivity index (χ2n) is 16.6. The van der Waals surface area contributed by atoms with Crippen LogP contribution in [0.3, 0.4) is 0 Å². The van der Waals surface area contributed by atoms with Crippen LogP contribution in [0.25, 0.3) is 0 Å². The van der Waals surface area contributed by atoms with E-state index < -0.39 is 11.5 Å². The maximum Gasteiger partial charge on any atom is 0.329 e. The van der Waals surface area contributed by atoms with Crippen LogP contribution in [0.2, 0.25) is 5.02 Å². The highest BCUT2D eigenvalue weighted by molar-refractivity contribution is 6.30. The number of carboxylic acid groups (broad SMARTS) is 1. The fourth-order valence-corrected chi connectivity index (χ4v) is 10.1. The predicted molar refractivity (Wildman–Crippen MR) is 212 cm³/mol. The molecule has 0 radical (unpaired) electrons. The number of fused-ring (bicyclic) bond motifs is 4. The molecule has 290 valence electrons. The van der Waals surface area contributed by atoms with Gasteiger partial charge >= 0.3 is 5.97 Å². The molecular weight excluding hydrogens is 714 g/mol. The monoisotopic (exact) mass is 765 g/mol. The van der Waals surface area contributed by atoms with Crippen LogP contribution in [0.5, 0.6) is 17.2 Å². The molecule has 11 heteroatoms. The number of aliphatic carboxylic acids is 1. The zero-order chi connectivity index (χ0) is 38.2. The Labute approximate surface area is 329 Å². The number of benzene rings is 2. The molecular formula is C44H52ClN5O5. The molecule has 1 aliphatic heterocycles. The lowest BCUT2D eigenvalue weighted by molar-refractivity contribution is -0.144. The molecule has 3 aliphatic carbocycles. The van der Waals surface area contributed by atoms with E-state index >= 15 is 0 Å². The van der Waals surface area contributed by atoms with Gasteiger partial charge in [-0.05, 0) is 142 Å². The van der Waals surface area contributed by atoms with Gasteiger partial charge in [0.05, 0.1) is 12.3 Å². The topological polar surface area (TPSA) is 119 Å². The first kappa shape index (κ1) is 37.5. The van der Waals surface area contributed by atoms with Crippen LogP contribution in [0.4, 0.5) is 5.69 Å². The van der Waals surface area contributed by atoms with Crippen molar-refractivity contribution >= 4 is 23.3 Å². The van der Waals surface area contributed by atoms with Gasteiger partial charge in [0.25, 0.3) is 0 Å². The smallest absolute Gasteiger partial charge is 0.329 e. The number of halogens is 1. The number of anilines is 1. The molecule has 55 heavy (non-hydrogen) atoms. The molecule has 0 amide bonds. The number of nitrogens with zero attached hydrogens (tertiary/aromatic N) is 4. The highest BCUT2D eigenvalue weighted by Gasteiger charge is 2.54. The number of ether oxygens (including phenoxy) is 3. The summed E-state index contributed by atoms with van der Waals surface area (Å²) >= 11 is 6.32. The number of aryl methyl sites for hydroxylation is 1. The van der Waals surface area contributed by atoms with Crippen molar-refractivity contribution in [3.63, 3.8) is 0 Å². The van der Waals surface area contributed by atoms with Crippen molar-refractivity contribution in [3.8, 4) is 17.2 Å². The van der Waals surface area contributed by atoms with Gasteiger partial charge in [-0.2, -0.15) is 0 Å². The molecule has 2 N–H and O–H groups in total. The zero-order valence-electron chi connectivity index (χ0n) is 32.1. The lowest BCUT2D eigenvalue weighted by atomic mass is 9.59. The minimum absolute atomic E-state index is 0.141. The van der Waals surface area contributed by atoms with Gasteiger partial charge in [-0.1, -0.05) is 31.5 Å². The maximum atomic E-state index is 13.1. The molecule has 3 heterocycles. The molecule has 0 bridgehead atoms. The third-order valence-electron chi connectivity index (χ3n) is 12.7. The molecule has 2 unspecified atom stereocenters. The predicted octanol–water partition coefficient (Wildman–Crippen LogP) is 8.26. The van der Waals surface area contributed by atoms with Crippen molar-refractivity contribution in [1.82, 2.24) is 19.9 Å². The van der Waals surface area contributed by atoms with Gasteiger partial charge in [0.1, 0.15) is 30.3 Å². The van der Waals surface area contributed by atoms with E-state index in [4.69, 9.17) is 25.8 Å². The summed E-state index contributed by atoms with van der Waals surface area (Å²) in [4.78, 5) is 28.4.